The van der Waals surface area contributed by atoms with E-state index in [1.807, 2.05) is 6.92 Å². The minimum absolute atomic E-state index is 0.0593. The molecule has 0 atom stereocenters. The molecule has 4 heteroatoms. The van der Waals surface area contributed by atoms with E-state index in [1.54, 1.807) is 30.3 Å². The Hall–Kier alpha value is -1.84. The van der Waals surface area contributed by atoms with Gasteiger partial charge < -0.3 is 9.84 Å². The predicted octanol–water partition coefficient (Wildman–Crippen LogP) is 3.51. The van der Waals surface area contributed by atoms with Gasteiger partial charge in [0.05, 0.1) is 12.2 Å². The molecular formula is C15H22O4. The lowest BCUT2D eigenvalue weighted by Crippen LogP contribution is -2.02. The van der Waals surface area contributed by atoms with E-state index in [0.717, 1.165) is 19.3 Å². The number of carboxylic acid groups (broad SMARTS) is 1. The van der Waals surface area contributed by atoms with Crippen molar-refractivity contribution in [3.63, 3.8) is 0 Å². The Morgan fingerprint density at radius 3 is 2.16 bits per heavy atom. The van der Waals surface area contributed by atoms with Gasteiger partial charge in [0.2, 0.25) is 0 Å². The molecule has 0 aliphatic carbocycles. The number of carboxylic acids is 1. The molecule has 1 aromatic rings. The molecule has 1 N–H and O–H groups in total. The first kappa shape index (κ1) is 17.2. The number of unbranched alkanes of at least 4 members (excludes halogenated alkanes) is 2. The lowest BCUT2D eigenvalue weighted by Gasteiger charge is -1.99. The van der Waals surface area contributed by atoms with Crippen LogP contribution < -0.4 is 0 Å². The second-order valence-corrected chi connectivity index (χ2v) is 3.93. The topological polar surface area (TPSA) is 63.6 Å². The molecule has 0 bridgehead atoms. The quantitative estimate of drug-likeness (QED) is 0.632. The first-order valence-corrected chi connectivity index (χ1v) is 6.55. The lowest BCUT2D eigenvalue weighted by atomic mass is 10.2. The molecule has 0 amide bonds. The van der Waals surface area contributed by atoms with Crippen molar-refractivity contribution in [2.75, 3.05) is 6.61 Å². The van der Waals surface area contributed by atoms with Crippen molar-refractivity contribution in [2.24, 2.45) is 0 Å². The number of carbonyl (C=O) groups is 2. The molecule has 0 spiro atoms. The average molecular weight is 266 g/mol. The van der Waals surface area contributed by atoms with Gasteiger partial charge in [-0.3, -0.25) is 4.79 Å². The van der Waals surface area contributed by atoms with Gasteiger partial charge in [-0.1, -0.05) is 38.0 Å². The molecule has 0 saturated carbocycles. The van der Waals surface area contributed by atoms with Gasteiger partial charge in [-0.15, -0.1) is 0 Å². The van der Waals surface area contributed by atoms with Gasteiger partial charge in [-0.05, 0) is 25.5 Å². The summed E-state index contributed by atoms with van der Waals surface area (Å²) < 4.78 is 4.75. The standard InChI is InChI=1S/C8H16O2.C7H6O2/c1-3-5-6-7-8(9)10-4-2;8-7(9)6-4-2-1-3-5-6/h3-7H2,1-2H3;1-5H,(H,8,9). The van der Waals surface area contributed by atoms with Gasteiger partial charge in [0.15, 0.2) is 0 Å². The van der Waals surface area contributed by atoms with E-state index in [0.29, 0.717) is 18.6 Å². The zero-order chi connectivity index (χ0) is 14.5. The maximum Gasteiger partial charge on any atom is 0.335 e. The van der Waals surface area contributed by atoms with Crippen LogP contribution in [-0.2, 0) is 9.53 Å². The number of ether oxygens (including phenoxy) is 1. The second-order valence-electron chi connectivity index (χ2n) is 3.93. The Morgan fingerprint density at radius 1 is 1.11 bits per heavy atom. The van der Waals surface area contributed by atoms with Crippen LogP contribution in [0.5, 0.6) is 0 Å². The number of carbonyl (C=O) groups excluding carboxylic acids is 1. The highest BCUT2D eigenvalue weighted by atomic mass is 16.5. The number of hydrogen-bond donors (Lipinski definition) is 1. The summed E-state index contributed by atoms with van der Waals surface area (Å²) in [5.41, 5.74) is 0.331. The Balaban J connectivity index is 0.000000342. The molecule has 1 aromatic carbocycles. The summed E-state index contributed by atoms with van der Waals surface area (Å²) in [6.07, 6.45) is 3.83. The van der Waals surface area contributed by atoms with E-state index in [9.17, 15) is 9.59 Å². The monoisotopic (exact) mass is 266 g/mol. The van der Waals surface area contributed by atoms with Crippen LogP contribution in [0, 0.1) is 0 Å². The van der Waals surface area contributed by atoms with Crippen molar-refractivity contribution in [1.29, 1.82) is 0 Å². The molecule has 0 aliphatic heterocycles. The maximum absolute atomic E-state index is 10.7. The number of esters is 1. The zero-order valence-corrected chi connectivity index (χ0v) is 11.6. The van der Waals surface area contributed by atoms with Crippen LogP contribution in [-0.4, -0.2) is 23.7 Å². The summed E-state index contributed by atoms with van der Waals surface area (Å²) in [6.45, 7) is 4.45. The molecule has 0 saturated heterocycles. The Bertz CT molecular complexity index is 360. The Morgan fingerprint density at radius 2 is 1.74 bits per heavy atom. The summed E-state index contributed by atoms with van der Waals surface area (Å²) in [7, 11) is 0. The van der Waals surface area contributed by atoms with E-state index in [4.69, 9.17) is 9.84 Å². The summed E-state index contributed by atoms with van der Waals surface area (Å²) in [6, 6.07) is 8.30. The molecular weight excluding hydrogens is 244 g/mol. The third-order valence-electron chi connectivity index (χ3n) is 2.31. The van der Waals surface area contributed by atoms with Crippen LogP contribution in [0.3, 0.4) is 0 Å². The molecule has 1 rings (SSSR count). The molecule has 19 heavy (non-hydrogen) atoms. The molecule has 0 aliphatic rings. The van der Waals surface area contributed by atoms with Gasteiger partial charge in [0.25, 0.3) is 0 Å². The molecule has 0 unspecified atom stereocenters. The third kappa shape index (κ3) is 9.83. The predicted molar refractivity (Wildman–Crippen MR) is 74.2 cm³/mol. The third-order valence-corrected chi connectivity index (χ3v) is 2.31. The van der Waals surface area contributed by atoms with Gasteiger partial charge >= 0.3 is 11.9 Å². The molecule has 4 nitrogen and oxygen atoms in total. The van der Waals surface area contributed by atoms with Crippen LogP contribution in [0.1, 0.15) is 49.9 Å². The largest absolute Gasteiger partial charge is 0.478 e. The fourth-order valence-electron chi connectivity index (χ4n) is 1.33. The van der Waals surface area contributed by atoms with Crippen LogP contribution in [0.4, 0.5) is 0 Å². The van der Waals surface area contributed by atoms with Gasteiger partial charge in [-0.25, -0.2) is 4.79 Å². The normalized spacial score (nSPS) is 9.16. The highest BCUT2D eigenvalue weighted by molar-refractivity contribution is 5.87. The number of rotatable bonds is 6. The molecule has 0 radical (unpaired) electrons. The van der Waals surface area contributed by atoms with Crippen molar-refractivity contribution >= 4 is 11.9 Å². The molecule has 0 aromatic heterocycles. The molecule has 0 heterocycles. The van der Waals surface area contributed by atoms with E-state index < -0.39 is 5.97 Å². The van der Waals surface area contributed by atoms with Crippen molar-refractivity contribution < 1.29 is 19.4 Å². The first-order chi connectivity index (χ1) is 9.11. The van der Waals surface area contributed by atoms with E-state index in [2.05, 4.69) is 6.92 Å². The Labute approximate surface area is 114 Å². The zero-order valence-electron chi connectivity index (χ0n) is 11.6. The highest BCUT2D eigenvalue weighted by Crippen LogP contribution is 1.99. The molecule has 0 fully saturated rings. The van der Waals surface area contributed by atoms with E-state index in [1.165, 1.54) is 0 Å². The average Bonchev–Trinajstić information content (AvgIpc) is 2.41. The van der Waals surface area contributed by atoms with E-state index in [-0.39, 0.29) is 5.97 Å². The molecule has 106 valence electrons. The van der Waals surface area contributed by atoms with Crippen LogP contribution in [0.25, 0.3) is 0 Å². The number of hydrogen-bond acceptors (Lipinski definition) is 3. The van der Waals surface area contributed by atoms with Gasteiger partial charge in [0.1, 0.15) is 0 Å². The van der Waals surface area contributed by atoms with Gasteiger partial charge in [-0.2, -0.15) is 0 Å². The summed E-state index contributed by atoms with van der Waals surface area (Å²) in [5.74, 6) is -0.938. The van der Waals surface area contributed by atoms with Crippen molar-refractivity contribution in [3.05, 3.63) is 35.9 Å². The van der Waals surface area contributed by atoms with E-state index >= 15 is 0 Å². The van der Waals surface area contributed by atoms with Crippen LogP contribution in [0.2, 0.25) is 0 Å². The van der Waals surface area contributed by atoms with Crippen molar-refractivity contribution in [2.45, 2.75) is 39.5 Å². The summed E-state index contributed by atoms with van der Waals surface area (Å²) in [4.78, 5) is 20.9. The summed E-state index contributed by atoms with van der Waals surface area (Å²) in [5, 5.41) is 8.38. The SMILES string of the molecule is CCCCCC(=O)OCC.O=C(O)c1ccccc1. The maximum atomic E-state index is 10.7. The van der Waals surface area contributed by atoms with Crippen LogP contribution >= 0.6 is 0 Å². The number of aromatic carboxylic acids is 1. The van der Waals surface area contributed by atoms with Crippen molar-refractivity contribution in [1.82, 2.24) is 0 Å². The first-order valence-electron chi connectivity index (χ1n) is 6.55. The minimum atomic E-state index is -0.879. The number of benzene rings is 1. The smallest absolute Gasteiger partial charge is 0.335 e. The Kier molecular flexibility index (Phi) is 10.2. The van der Waals surface area contributed by atoms with Crippen LogP contribution in [0.15, 0.2) is 30.3 Å². The minimum Gasteiger partial charge on any atom is -0.478 e. The second kappa shape index (κ2) is 11.3. The fraction of sp³-hybridized carbons (Fsp3) is 0.467. The fourth-order valence-corrected chi connectivity index (χ4v) is 1.33. The highest BCUT2D eigenvalue weighted by Gasteiger charge is 1.98. The lowest BCUT2D eigenvalue weighted by molar-refractivity contribution is -0.143. The van der Waals surface area contributed by atoms with Crippen molar-refractivity contribution in [3.8, 4) is 0 Å². The van der Waals surface area contributed by atoms with Gasteiger partial charge in [0, 0.05) is 6.42 Å². The summed E-state index contributed by atoms with van der Waals surface area (Å²) >= 11 is 0.